The molecular weight excluding hydrogens is 286 g/mol. The Morgan fingerprint density at radius 3 is 2.56 bits per heavy atom. The molecular formula is C12H12BrNOS. The molecule has 2 nitrogen and oxygen atoms in total. The molecule has 0 saturated carbocycles. The molecule has 1 aromatic carbocycles. The summed E-state index contributed by atoms with van der Waals surface area (Å²) < 4.78 is 6.76. The van der Waals surface area contributed by atoms with Crippen LogP contribution < -0.4 is 10.5 Å². The Hall–Kier alpha value is -0.840. The molecule has 0 atom stereocenters. The molecule has 4 heteroatoms. The van der Waals surface area contributed by atoms with Crippen LogP contribution in [0, 0.1) is 0 Å². The van der Waals surface area contributed by atoms with Gasteiger partial charge in [0.25, 0.3) is 0 Å². The molecule has 0 aliphatic carbocycles. The van der Waals surface area contributed by atoms with Crippen LogP contribution in [0.2, 0.25) is 0 Å². The van der Waals surface area contributed by atoms with Crippen molar-refractivity contribution < 1.29 is 4.74 Å². The van der Waals surface area contributed by atoms with Crippen molar-refractivity contribution in [3.63, 3.8) is 0 Å². The number of hydrogen-bond acceptors (Lipinski definition) is 3. The summed E-state index contributed by atoms with van der Waals surface area (Å²) in [4.78, 5) is 1.20. The van der Waals surface area contributed by atoms with Gasteiger partial charge in [0, 0.05) is 21.3 Å². The second-order valence-electron chi connectivity index (χ2n) is 3.37. The second kappa shape index (κ2) is 5.48. The van der Waals surface area contributed by atoms with Gasteiger partial charge in [0.2, 0.25) is 0 Å². The van der Waals surface area contributed by atoms with Gasteiger partial charge in [-0.3, -0.25) is 0 Å². The normalized spacial score (nSPS) is 10.4. The van der Waals surface area contributed by atoms with Crippen LogP contribution in [0.25, 0.3) is 0 Å². The number of nitrogens with two attached hydrogens (primary N) is 1. The van der Waals surface area contributed by atoms with Crippen molar-refractivity contribution in [1.29, 1.82) is 0 Å². The first-order chi connectivity index (χ1) is 7.78. The number of ether oxygens (including phenoxy) is 1. The minimum Gasteiger partial charge on any atom is -0.488 e. The summed E-state index contributed by atoms with van der Waals surface area (Å²) in [5.74, 6) is 0.877. The first kappa shape index (κ1) is 11.6. The van der Waals surface area contributed by atoms with E-state index in [1.807, 2.05) is 24.3 Å². The van der Waals surface area contributed by atoms with E-state index in [1.165, 1.54) is 4.88 Å². The summed E-state index contributed by atoms with van der Waals surface area (Å²) in [5.41, 5.74) is 6.64. The van der Waals surface area contributed by atoms with E-state index < -0.39 is 0 Å². The molecule has 1 heterocycles. The topological polar surface area (TPSA) is 35.2 Å². The summed E-state index contributed by atoms with van der Waals surface area (Å²) in [7, 11) is 0. The van der Waals surface area contributed by atoms with Gasteiger partial charge in [-0.15, -0.1) is 11.3 Å². The fraction of sp³-hybridized carbons (Fsp3) is 0.167. The lowest BCUT2D eigenvalue weighted by Crippen LogP contribution is -1.96. The van der Waals surface area contributed by atoms with Crippen LogP contribution in [0.15, 0.2) is 40.2 Å². The van der Waals surface area contributed by atoms with Crippen LogP contribution in [0.5, 0.6) is 5.75 Å². The lowest BCUT2D eigenvalue weighted by atomic mass is 10.2. The summed E-state index contributed by atoms with van der Waals surface area (Å²) in [5, 5.41) is 2.05. The number of hydrogen-bond donors (Lipinski definition) is 1. The SMILES string of the molecule is NCc1ccc(OCc2cc(Br)cs2)cc1. The van der Waals surface area contributed by atoms with Gasteiger partial charge in [-0.1, -0.05) is 12.1 Å². The zero-order chi connectivity index (χ0) is 11.4. The van der Waals surface area contributed by atoms with Crippen molar-refractivity contribution in [2.24, 2.45) is 5.73 Å². The molecule has 1 aromatic heterocycles. The molecule has 0 aliphatic heterocycles. The molecule has 0 amide bonds. The zero-order valence-corrected chi connectivity index (χ0v) is 11.1. The first-order valence-corrected chi connectivity index (χ1v) is 6.60. The molecule has 0 saturated heterocycles. The molecule has 2 rings (SSSR count). The molecule has 0 radical (unpaired) electrons. The summed E-state index contributed by atoms with van der Waals surface area (Å²) in [6.45, 7) is 1.18. The van der Waals surface area contributed by atoms with Crippen LogP contribution in [0.3, 0.4) is 0 Å². The van der Waals surface area contributed by atoms with Gasteiger partial charge >= 0.3 is 0 Å². The van der Waals surface area contributed by atoms with Gasteiger partial charge in [-0.05, 0) is 39.7 Å². The Morgan fingerprint density at radius 2 is 2.00 bits per heavy atom. The zero-order valence-electron chi connectivity index (χ0n) is 8.65. The van der Waals surface area contributed by atoms with Crippen molar-refractivity contribution in [2.75, 3.05) is 0 Å². The molecule has 0 aliphatic rings. The average molecular weight is 298 g/mol. The van der Waals surface area contributed by atoms with Gasteiger partial charge in [-0.25, -0.2) is 0 Å². The highest BCUT2D eigenvalue weighted by Crippen LogP contribution is 2.21. The third-order valence-electron chi connectivity index (χ3n) is 2.16. The van der Waals surface area contributed by atoms with E-state index in [0.29, 0.717) is 13.2 Å². The van der Waals surface area contributed by atoms with Gasteiger partial charge in [0.15, 0.2) is 0 Å². The Labute approximate surface area is 107 Å². The minimum absolute atomic E-state index is 0.568. The van der Waals surface area contributed by atoms with Crippen LogP contribution in [-0.4, -0.2) is 0 Å². The van der Waals surface area contributed by atoms with E-state index in [1.54, 1.807) is 11.3 Å². The Morgan fingerprint density at radius 1 is 1.25 bits per heavy atom. The van der Waals surface area contributed by atoms with E-state index in [9.17, 15) is 0 Å². The number of benzene rings is 1. The fourth-order valence-corrected chi connectivity index (χ4v) is 2.67. The molecule has 0 bridgehead atoms. The van der Waals surface area contributed by atoms with E-state index in [4.69, 9.17) is 10.5 Å². The molecule has 0 fully saturated rings. The molecule has 0 spiro atoms. The predicted molar refractivity (Wildman–Crippen MR) is 70.7 cm³/mol. The number of rotatable bonds is 4. The largest absolute Gasteiger partial charge is 0.488 e. The van der Waals surface area contributed by atoms with Crippen LogP contribution in [-0.2, 0) is 13.2 Å². The lowest BCUT2D eigenvalue weighted by molar-refractivity contribution is 0.309. The maximum atomic E-state index is 5.65. The number of thiophene rings is 1. The molecule has 0 unspecified atom stereocenters. The maximum Gasteiger partial charge on any atom is 0.122 e. The van der Waals surface area contributed by atoms with Crippen molar-refractivity contribution >= 4 is 27.3 Å². The Bertz CT molecular complexity index is 452. The molecule has 2 aromatic rings. The summed E-state index contributed by atoms with van der Waals surface area (Å²) in [6.07, 6.45) is 0. The summed E-state index contributed by atoms with van der Waals surface area (Å²) >= 11 is 5.10. The van der Waals surface area contributed by atoms with Gasteiger partial charge in [0.05, 0.1) is 0 Å². The summed E-state index contributed by atoms with van der Waals surface area (Å²) in [6, 6.07) is 9.94. The molecule has 84 valence electrons. The van der Waals surface area contributed by atoms with E-state index in [2.05, 4.69) is 27.4 Å². The second-order valence-corrected chi connectivity index (χ2v) is 5.28. The van der Waals surface area contributed by atoms with Crippen LogP contribution in [0.1, 0.15) is 10.4 Å². The minimum atomic E-state index is 0.568. The van der Waals surface area contributed by atoms with Crippen LogP contribution >= 0.6 is 27.3 Å². The smallest absolute Gasteiger partial charge is 0.122 e. The first-order valence-electron chi connectivity index (χ1n) is 4.92. The third kappa shape index (κ3) is 3.07. The monoisotopic (exact) mass is 297 g/mol. The highest BCUT2D eigenvalue weighted by molar-refractivity contribution is 9.10. The van der Waals surface area contributed by atoms with Gasteiger partial charge in [-0.2, -0.15) is 0 Å². The Kier molecular flexibility index (Phi) is 3.98. The van der Waals surface area contributed by atoms with Gasteiger partial charge < -0.3 is 10.5 Å². The van der Waals surface area contributed by atoms with Gasteiger partial charge in [0.1, 0.15) is 12.4 Å². The maximum absolute atomic E-state index is 5.65. The standard InChI is InChI=1S/C12H12BrNOS/c13-10-5-12(16-8-10)7-15-11-3-1-9(6-14)2-4-11/h1-5,8H,6-7,14H2. The van der Waals surface area contributed by atoms with Crippen LogP contribution in [0.4, 0.5) is 0 Å². The highest BCUT2D eigenvalue weighted by Gasteiger charge is 1.99. The van der Waals surface area contributed by atoms with Crippen molar-refractivity contribution in [1.82, 2.24) is 0 Å². The average Bonchev–Trinajstić information content (AvgIpc) is 2.73. The molecule has 16 heavy (non-hydrogen) atoms. The fourth-order valence-electron chi connectivity index (χ4n) is 1.31. The van der Waals surface area contributed by atoms with Crippen molar-refractivity contribution in [2.45, 2.75) is 13.2 Å². The quantitative estimate of drug-likeness (QED) is 0.937. The van der Waals surface area contributed by atoms with E-state index >= 15 is 0 Å². The molecule has 2 N–H and O–H groups in total. The van der Waals surface area contributed by atoms with E-state index in [-0.39, 0.29) is 0 Å². The third-order valence-corrected chi connectivity index (χ3v) is 3.83. The lowest BCUT2D eigenvalue weighted by Gasteiger charge is -2.05. The highest BCUT2D eigenvalue weighted by atomic mass is 79.9. The Balaban J connectivity index is 1.94. The van der Waals surface area contributed by atoms with Crippen molar-refractivity contribution in [3.05, 3.63) is 50.6 Å². The predicted octanol–water partition coefficient (Wildman–Crippen LogP) is 3.55. The van der Waals surface area contributed by atoms with E-state index in [0.717, 1.165) is 15.8 Å². The van der Waals surface area contributed by atoms with Crippen molar-refractivity contribution in [3.8, 4) is 5.75 Å². The number of halogens is 1.